The van der Waals surface area contributed by atoms with Crippen molar-refractivity contribution < 1.29 is 4.79 Å². The molecule has 5 heteroatoms. The van der Waals surface area contributed by atoms with Crippen LogP contribution >= 0.6 is 27.7 Å². The summed E-state index contributed by atoms with van der Waals surface area (Å²) in [7, 11) is 0. The summed E-state index contributed by atoms with van der Waals surface area (Å²) in [5.74, 6) is 0.384. The van der Waals surface area contributed by atoms with E-state index in [1.807, 2.05) is 56.4 Å². The van der Waals surface area contributed by atoms with Crippen LogP contribution in [0.4, 0.5) is 0 Å². The molecule has 0 fully saturated rings. The minimum atomic E-state index is -0.00261. The summed E-state index contributed by atoms with van der Waals surface area (Å²) in [5, 5.41) is 3.86. The van der Waals surface area contributed by atoms with Crippen molar-refractivity contribution in [3.63, 3.8) is 0 Å². The lowest BCUT2D eigenvalue weighted by Gasteiger charge is -2.14. The number of amides is 1. The summed E-state index contributed by atoms with van der Waals surface area (Å²) < 4.78 is 1.03. The van der Waals surface area contributed by atoms with Crippen molar-refractivity contribution >= 4 is 33.6 Å². The van der Waals surface area contributed by atoms with Gasteiger partial charge in [-0.3, -0.25) is 4.79 Å². The molecular weight excluding hydrogens is 348 g/mol. The molecule has 1 amide bonds. The number of nitrogens with one attached hydrogen (secondary N) is 1. The number of pyridine rings is 1. The molecule has 1 atom stereocenters. The molecule has 1 N–H and O–H groups in total. The second kappa shape index (κ2) is 7.61. The van der Waals surface area contributed by atoms with E-state index < -0.39 is 0 Å². The van der Waals surface area contributed by atoms with E-state index in [1.165, 1.54) is 11.8 Å². The molecule has 3 nitrogen and oxygen atoms in total. The maximum atomic E-state index is 12.0. The Morgan fingerprint density at radius 2 is 2.00 bits per heavy atom. The number of thioether (sulfide) groups is 1. The van der Waals surface area contributed by atoms with Gasteiger partial charge in [-0.25, -0.2) is 4.98 Å². The van der Waals surface area contributed by atoms with Crippen LogP contribution in [0.25, 0.3) is 0 Å². The smallest absolute Gasteiger partial charge is 0.230 e. The second-order valence-corrected chi connectivity index (χ2v) is 6.71. The number of halogens is 1. The van der Waals surface area contributed by atoms with Gasteiger partial charge in [0.05, 0.1) is 16.8 Å². The number of benzene rings is 1. The van der Waals surface area contributed by atoms with Gasteiger partial charge in [0, 0.05) is 10.7 Å². The van der Waals surface area contributed by atoms with Gasteiger partial charge in [-0.1, -0.05) is 45.9 Å². The fourth-order valence-corrected chi connectivity index (χ4v) is 2.72. The molecule has 1 aromatic heterocycles. The summed E-state index contributed by atoms with van der Waals surface area (Å²) in [5.41, 5.74) is 2.21. The van der Waals surface area contributed by atoms with Crippen molar-refractivity contribution in [2.24, 2.45) is 0 Å². The summed E-state index contributed by atoms with van der Waals surface area (Å²) in [6.45, 7) is 3.98. The Labute approximate surface area is 137 Å². The Morgan fingerprint density at radius 1 is 1.29 bits per heavy atom. The molecule has 2 aromatic rings. The zero-order chi connectivity index (χ0) is 15.2. The molecule has 0 bridgehead atoms. The van der Waals surface area contributed by atoms with E-state index in [0.29, 0.717) is 5.75 Å². The number of aromatic nitrogens is 1. The van der Waals surface area contributed by atoms with Crippen LogP contribution in [-0.4, -0.2) is 16.6 Å². The topological polar surface area (TPSA) is 42.0 Å². The van der Waals surface area contributed by atoms with Crippen LogP contribution in [0.15, 0.2) is 52.1 Å². The first-order valence-corrected chi connectivity index (χ1v) is 8.43. The third kappa shape index (κ3) is 5.17. The highest BCUT2D eigenvalue weighted by Crippen LogP contribution is 2.18. The van der Waals surface area contributed by atoms with Gasteiger partial charge in [-0.05, 0) is 43.2 Å². The minimum Gasteiger partial charge on any atom is -0.349 e. The maximum Gasteiger partial charge on any atom is 0.230 e. The van der Waals surface area contributed by atoms with Gasteiger partial charge < -0.3 is 5.32 Å². The van der Waals surface area contributed by atoms with Crippen molar-refractivity contribution in [2.45, 2.75) is 24.9 Å². The second-order valence-electron chi connectivity index (χ2n) is 4.80. The first kappa shape index (κ1) is 16.0. The molecule has 0 saturated carbocycles. The van der Waals surface area contributed by atoms with E-state index in [-0.39, 0.29) is 11.9 Å². The molecule has 0 radical (unpaired) electrons. The minimum absolute atomic E-state index is 0.00261. The summed E-state index contributed by atoms with van der Waals surface area (Å²) in [4.78, 5) is 16.2. The number of carbonyl (C=O) groups excluding carboxylic acids is 1. The van der Waals surface area contributed by atoms with Gasteiger partial charge in [-0.2, -0.15) is 0 Å². The van der Waals surface area contributed by atoms with Crippen LogP contribution in [0.3, 0.4) is 0 Å². The summed E-state index contributed by atoms with van der Waals surface area (Å²) in [6, 6.07) is 11.9. The van der Waals surface area contributed by atoms with E-state index in [0.717, 1.165) is 20.6 Å². The number of rotatable bonds is 5. The van der Waals surface area contributed by atoms with Gasteiger partial charge in [0.2, 0.25) is 5.91 Å². The van der Waals surface area contributed by atoms with Crippen LogP contribution < -0.4 is 5.32 Å². The number of hydrogen-bond donors (Lipinski definition) is 1. The van der Waals surface area contributed by atoms with E-state index in [4.69, 9.17) is 0 Å². The third-order valence-electron chi connectivity index (χ3n) is 2.98. The maximum absolute atomic E-state index is 12.0. The first-order chi connectivity index (χ1) is 10.0. The Kier molecular flexibility index (Phi) is 5.82. The van der Waals surface area contributed by atoms with Crippen LogP contribution in [0.1, 0.15) is 24.1 Å². The quantitative estimate of drug-likeness (QED) is 0.811. The lowest BCUT2D eigenvalue weighted by Crippen LogP contribution is -2.28. The Hall–Kier alpha value is -1.33. The predicted octanol–water partition coefficient (Wildman–Crippen LogP) is 4.12. The third-order valence-corrected chi connectivity index (χ3v) is 4.46. The van der Waals surface area contributed by atoms with Crippen molar-refractivity contribution in [1.29, 1.82) is 0 Å². The van der Waals surface area contributed by atoms with E-state index in [1.54, 1.807) is 0 Å². The summed E-state index contributed by atoms with van der Waals surface area (Å²) >= 11 is 4.85. The molecule has 1 heterocycles. The molecule has 21 heavy (non-hydrogen) atoms. The average Bonchev–Trinajstić information content (AvgIpc) is 2.47. The number of aryl methyl sites for hydroxylation is 1. The van der Waals surface area contributed by atoms with Crippen LogP contribution in [0, 0.1) is 6.92 Å². The lowest BCUT2D eigenvalue weighted by atomic mass is 10.1. The fourth-order valence-electron chi connectivity index (χ4n) is 1.80. The van der Waals surface area contributed by atoms with Gasteiger partial charge in [0.15, 0.2) is 0 Å². The van der Waals surface area contributed by atoms with Crippen molar-refractivity contribution in [3.8, 4) is 0 Å². The molecule has 0 saturated heterocycles. The Bertz CT molecular complexity index is 599. The lowest BCUT2D eigenvalue weighted by molar-refractivity contribution is -0.119. The highest BCUT2D eigenvalue weighted by atomic mass is 79.9. The van der Waals surface area contributed by atoms with Gasteiger partial charge in [0.1, 0.15) is 0 Å². The molecule has 0 aliphatic carbocycles. The van der Waals surface area contributed by atoms with Crippen molar-refractivity contribution in [3.05, 3.63) is 58.2 Å². The zero-order valence-electron chi connectivity index (χ0n) is 12.0. The Balaban J connectivity index is 1.83. The van der Waals surface area contributed by atoms with Crippen molar-refractivity contribution in [2.75, 3.05) is 5.75 Å². The molecule has 1 aromatic carbocycles. The monoisotopic (exact) mass is 364 g/mol. The number of carbonyl (C=O) groups is 1. The molecule has 110 valence electrons. The highest BCUT2D eigenvalue weighted by molar-refractivity contribution is 9.10. The molecule has 0 spiro atoms. The highest BCUT2D eigenvalue weighted by Gasteiger charge is 2.10. The molecule has 1 unspecified atom stereocenters. The molecule has 0 aliphatic rings. The zero-order valence-corrected chi connectivity index (χ0v) is 14.4. The van der Waals surface area contributed by atoms with Gasteiger partial charge >= 0.3 is 0 Å². The van der Waals surface area contributed by atoms with E-state index >= 15 is 0 Å². The fraction of sp³-hybridized carbons (Fsp3) is 0.250. The normalized spacial score (nSPS) is 12.0. The van der Waals surface area contributed by atoms with E-state index in [9.17, 15) is 4.79 Å². The first-order valence-electron chi connectivity index (χ1n) is 6.65. The van der Waals surface area contributed by atoms with Crippen molar-refractivity contribution in [1.82, 2.24) is 10.3 Å². The van der Waals surface area contributed by atoms with Gasteiger partial charge in [0.25, 0.3) is 0 Å². The average molecular weight is 365 g/mol. The number of nitrogens with zero attached hydrogens (tertiary/aromatic N) is 1. The largest absolute Gasteiger partial charge is 0.349 e. The predicted molar refractivity (Wildman–Crippen MR) is 90.4 cm³/mol. The number of hydrogen-bond acceptors (Lipinski definition) is 3. The van der Waals surface area contributed by atoms with Gasteiger partial charge in [-0.15, -0.1) is 0 Å². The Morgan fingerprint density at radius 3 is 2.62 bits per heavy atom. The van der Waals surface area contributed by atoms with Crippen LogP contribution in [-0.2, 0) is 4.79 Å². The molecular formula is C16H17BrN2OS. The standard InChI is InChI=1S/C16H17BrN2OS/c1-11-3-8-16(18-9-11)21-10-15(20)19-12(2)13-4-6-14(17)7-5-13/h3-9,12H,10H2,1-2H3,(H,19,20). The molecule has 0 aliphatic heterocycles. The van der Waals surface area contributed by atoms with Crippen LogP contribution in [0.2, 0.25) is 0 Å². The SMILES string of the molecule is Cc1ccc(SCC(=O)NC(C)c2ccc(Br)cc2)nc1. The van der Waals surface area contributed by atoms with Crippen LogP contribution in [0.5, 0.6) is 0 Å². The molecule has 2 rings (SSSR count). The van der Waals surface area contributed by atoms with E-state index in [2.05, 4.69) is 26.2 Å². The summed E-state index contributed by atoms with van der Waals surface area (Å²) in [6.07, 6.45) is 1.81.